The molecule has 2 aromatic rings. The van der Waals surface area contributed by atoms with Gasteiger partial charge < -0.3 is 10.2 Å². The number of nitrogen functional groups attached to an aromatic ring is 1. The van der Waals surface area contributed by atoms with Crippen LogP contribution in [0.5, 0.6) is 0 Å². The second-order valence-electron chi connectivity index (χ2n) is 2.61. The highest BCUT2D eigenvalue weighted by Gasteiger charge is 2.04. The lowest BCUT2D eigenvalue weighted by Crippen LogP contribution is -1.93. The maximum Gasteiger partial charge on any atom is 0.262 e. The van der Waals surface area contributed by atoms with Crippen LogP contribution in [0.25, 0.3) is 0 Å². The van der Waals surface area contributed by atoms with Crippen LogP contribution in [0.3, 0.4) is 0 Å². The summed E-state index contributed by atoms with van der Waals surface area (Å²) in [4.78, 5) is 11.9. The summed E-state index contributed by atoms with van der Waals surface area (Å²) >= 11 is 1.31. The molecule has 0 aliphatic heterocycles. The van der Waals surface area contributed by atoms with Gasteiger partial charge in [-0.25, -0.2) is 15.0 Å². The minimum absolute atomic E-state index is 0.248. The van der Waals surface area contributed by atoms with E-state index in [1.54, 1.807) is 18.5 Å². The number of rotatable bonds is 2. The lowest BCUT2D eigenvalue weighted by molar-refractivity contribution is 0.454. The van der Waals surface area contributed by atoms with Gasteiger partial charge in [0, 0.05) is 6.20 Å². The Morgan fingerprint density at radius 3 is 2.93 bits per heavy atom. The number of aryl methyl sites for hydroxylation is 1. The van der Waals surface area contributed by atoms with E-state index >= 15 is 0 Å². The number of anilines is 1. The number of nitrogens with two attached hydrogens (primary N) is 1. The van der Waals surface area contributed by atoms with E-state index < -0.39 is 0 Å². The van der Waals surface area contributed by atoms with Crippen molar-refractivity contribution in [1.29, 1.82) is 0 Å². The maximum absolute atomic E-state index is 5.43. The minimum atomic E-state index is 0.248. The summed E-state index contributed by atoms with van der Waals surface area (Å²) < 4.78 is 5.16. The van der Waals surface area contributed by atoms with Crippen LogP contribution in [0.1, 0.15) is 5.69 Å². The second kappa shape index (κ2) is 3.67. The number of hydrogen-bond donors (Lipinski definition) is 1. The van der Waals surface area contributed by atoms with Gasteiger partial charge in [0.25, 0.3) is 5.22 Å². The van der Waals surface area contributed by atoms with Gasteiger partial charge in [0.2, 0.25) is 5.95 Å². The van der Waals surface area contributed by atoms with Gasteiger partial charge in [0.05, 0.1) is 5.69 Å². The van der Waals surface area contributed by atoms with Crippen molar-refractivity contribution in [3.63, 3.8) is 0 Å². The predicted molar refractivity (Wildman–Crippen MR) is 51.8 cm³/mol. The third-order valence-electron chi connectivity index (χ3n) is 1.44. The molecule has 2 rings (SSSR count). The summed E-state index contributed by atoms with van der Waals surface area (Å²) in [6.45, 7) is 1.86. The molecule has 0 aliphatic carbocycles. The molecule has 2 N–H and O–H groups in total. The van der Waals surface area contributed by atoms with Crippen LogP contribution in [0.15, 0.2) is 33.2 Å². The van der Waals surface area contributed by atoms with Crippen molar-refractivity contribution < 1.29 is 4.42 Å². The molecule has 0 atom stereocenters. The first-order chi connectivity index (χ1) is 6.74. The Labute approximate surface area is 84.8 Å². The average molecular weight is 208 g/mol. The molecule has 0 spiro atoms. The van der Waals surface area contributed by atoms with Gasteiger partial charge in [-0.2, -0.15) is 0 Å². The van der Waals surface area contributed by atoms with Gasteiger partial charge in [-0.1, -0.05) is 0 Å². The molecule has 6 heteroatoms. The Kier molecular flexibility index (Phi) is 2.36. The molecule has 0 radical (unpaired) electrons. The van der Waals surface area contributed by atoms with Gasteiger partial charge in [0.15, 0.2) is 0 Å². The molecule has 14 heavy (non-hydrogen) atoms. The Bertz CT molecular complexity index is 442. The van der Waals surface area contributed by atoms with Gasteiger partial charge in [-0.15, -0.1) is 0 Å². The van der Waals surface area contributed by atoms with Gasteiger partial charge >= 0.3 is 0 Å². The van der Waals surface area contributed by atoms with E-state index in [1.165, 1.54) is 11.8 Å². The molecule has 0 saturated carbocycles. The van der Waals surface area contributed by atoms with Crippen molar-refractivity contribution in [2.24, 2.45) is 0 Å². The largest absolute Gasteiger partial charge is 0.439 e. The molecular weight excluding hydrogens is 200 g/mol. The Morgan fingerprint density at radius 2 is 2.29 bits per heavy atom. The first-order valence-electron chi connectivity index (χ1n) is 3.92. The summed E-state index contributed by atoms with van der Waals surface area (Å²) in [5.74, 6) is 0.248. The number of nitrogens with zero attached hydrogens (tertiary/aromatic N) is 3. The molecule has 72 valence electrons. The molecule has 0 aliphatic rings. The zero-order chi connectivity index (χ0) is 9.97. The van der Waals surface area contributed by atoms with Crippen LogP contribution in [0.4, 0.5) is 5.95 Å². The zero-order valence-corrected chi connectivity index (χ0v) is 8.28. The van der Waals surface area contributed by atoms with Crippen LogP contribution in [0.2, 0.25) is 0 Å². The van der Waals surface area contributed by atoms with E-state index in [4.69, 9.17) is 10.2 Å². The van der Waals surface area contributed by atoms with Crippen molar-refractivity contribution in [2.45, 2.75) is 17.2 Å². The fourth-order valence-electron chi connectivity index (χ4n) is 0.882. The molecule has 0 unspecified atom stereocenters. The van der Waals surface area contributed by atoms with Gasteiger partial charge in [0.1, 0.15) is 11.3 Å². The summed E-state index contributed by atoms with van der Waals surface area (Å²) in [6.07, 6.45) is 3.19. The van der Waals surface area contributed by atoms with E-state index in [0.717, 1.165) is 10.7 Å². The third-order valence-corrected chi connectivity index (χ3v) is 2.24. The number of aromatic nitrogens is 3. The molecule has 5 nitrogen and oxygen atoms in total. The fourth-order valence-corrected chi connectivity index (χ4v) is 1.61. The SMILES string of the molecule is Cc1coc(Sc2ccnc(N)n2)n1. The maximum atomic E-state index is 5.43. The van der Waals surface area contributed by atoms with E-state index in [9.17, 15) is 0 Å². The molecule has 2 heterocycles. The first-order valence-corrected chi connectivity index (χ1v) is 4.74. The predicted octanol–water partition coefficient (Wildman–Crippen LogP) is 1.51. The Hall–Kier alpha value is -1.56. The average Bonchev–Trinajstić information content (AvgIpc) is 2.51. The summed E-state index contributed by atoms with van der Waals surface area (Å²) in [7, 11) is 0. The smallest absolute Gasteiger partial charge is 0.262 e. The summed E-state index contributed by atoms with van der Waals surface area (Å²) in [5, 5.41) is 1.28. The van der Waals surface area contributed by atoms with Crippen molar-refractivity contribution in [1.82, 2.24) is 15.0 Å². The lowest BCUT2D eigenvalue weighted by Gasteiger charge is -1.95. The van der Waals surface area contributed by atoms with E-state index in [0.29, 0.717) is 5.22 Å². The topological polar surface area (TPSA) is 77.8 Å². The van der Waals surface area contributed by atoms with Gasteiger partial charge in [-0.05, 0) is 24.8 Å². The molecule has 0 amide bonds. The summed E-state index contributed by atoms with van der Waals surface area (Å²) in [5.41, 5.74) is 6.27. The monoisotopic (exact) mass is 208 g/mol. The highest BCUT2D eigenvalue weighted by molar-refractivity contribution is 7.99. The Balaban J connectivity index is 2.18. The third kappa shape index (κ3) is 2.02. The van der Waals surface area contributed by atoms with Crippen LogP contribution in [-0.4, -0.2) is 15.0 Å². The van der Waals surface area contributed by atoms with E-state index in [-0.39, 0.29) is 5.95 Å². The van der Waals surface area contributed by atoms with Crippen LogP contribution >= 0.6 is 11.8 Å². The van der Waals surface area contributed by atoms with E-state index in [2.05, 4.69) is 15.0 Å². The molecule has 0 fully saturated rings. The second-order valence-corrected chi connectivity index (χ2v) is 3.58. The van der Waals surface area contributed by atoms with Crippen LogP contribution in [-0.2, 0) is 0 Å². The van der Waals surface area contributed by atoms with Crippen molar-refractivity contribution in [3.8, 4) is 0 Å². The summed E-state index contributed by atoms with van der Waals surface area (Å²) in [6, 6.07) is 1.75. The highest BCUT2D eigenvalue weighted by atomic mass is 32.2. The zero-order valence-electron chi connectivity index (χ0n) is 7.47. The van der Waals surface area contributed by atoms with Crippen molar-refractivity contribution in [3.05, 3.63) is 24.2 Å². The van der Waals surface area contributed by atoms with Crippen molar-refractivity contribution in [2.75, 3.05) is 5.73 Å². The minimum Gasteiger partial charge on any atom is -0.439 e. The Morgan fingerprint density at radius 1 is 1.43 bits per heavy atom. The molecule has 2 aromatic heterocycles. The normalized spacial score (nSPS) is 10.4. The fraction of sp³-hybridized carbons (Fsp3) is 0.125. The van der Waals surface area contributed by atoms with Gasteiger partial charge in [-0.3, -0.25) is 0 Å². The van der Waals surface area contributed by atoms with Crippen LogP contribution in [0, 0.1) is 6.92 Å². The highest BCUT2D eigenvalue weighted by Crippen LogP contribution is 2.24. The molecule has 0 aromatic carbocycles. The quantitative estimate of drug-likeness (QED) is 0.753. The molecule has 0 saturated heterocycles. The van der Waals surface area contributed by atoms with Crippen molar-refractivity contribution >= 4 is 17.7 Å². The number of oxazole rings is 1. The molecule has 0 bridgehead atoms. The number of hydrogen-bond acceptors (Lipinski definition) is 6. The lowest BCUT2D eigenvalue weighted by atomic mass is 10.6. The standard InChI is InChI=1S/C8H8N4OS/c1-5-4-13-8(11-5)14-6-2-3-10-7(9)12-6/h2-4H,1H3,(H2,9,10,12). The first kappa shape index (κ1) is 9.01. The molecular formula is C8H8N4OS. The van der Waals surface area contributed by atoms with Crippen LogP contribution < -0.4 is 5.73 Å². The van der Waals surface area contributed by atoms with E-state index in [1.807, 2.05) is 6.92 Å².